The van der Waals surface area contributed by atoms with Gasteiger partial charge in [-0.3, -0.25) is 9.89 Å². The van der Waals surface area contributed by atoms with Crippen molar-refractivity contribution in [3.8, 4) is 5.75 Å². The Balaban J connectivity index is 1.46. The number of halogens is 3. The molecule has 0 saturated heterocycles. The average Bonchev–Trinajstić information content (AvgIpc) is 3.20. The fourth-order valence-electron chi connectivity index (χ4n) is 3.02. The number of aromatic nitrogens is 4. The number of nitrogens with one attached hydrogen (secondary N) is 3. The fourth-order valence-corrected chi connectivity index (χ4v) is 3.02. The van der Waals surface area contributed by atoms with Crippen molar-refractivity contribution in [2.24, 2.45) is 0 Å². The van der Waals surface area contributed by atoms with Gasteiger partial charge in [0, 0.05) is 18.3 Å². The molecule has 8 nitrogen and oxygen atoms in total. The van der Waals surface area contributed by atoms with Gasteiger partial charge in [-0.15, -0.1) is 0 Å². The molecule has 0 amide bonds. The molecule has 0 aliphatic rings. The average molecular weight is 444 g/mol. The number of hydrogen-bond donors (Lipinski definition) is 3. The lowest BCUT2D eigenvalue weighted by molar-refractivity contribution is -0.137. The number of rotatable bonds is 7. The summed E-state index contributed by atoms with van der Waals surface area (Å²) in [5, 5.41) is 8.77. The first kappa shape index (κ1) is 21.2. The molecule has 166 valence electrons. The number of hydrogen-bond acceptors (Lipinski definition) is 6. The summed E-state index contributed by atoms with van der Waals surface area (Å²) in [7, 11) is 1.59. The number of nitrogens with zero attached hydrogens (tertiary/aromatic N) is 3. The van der Waals surface area contributed by atoms with E-state index in [-0.39, 0.29) is 23.6 Å². The number of fused-ring (bicyclic) bond motifs is 1. The summed E-state index contributed by atoms with van der Waals surface area (Å²) >= 11 is 0. The lowest BCUT2D eigenvalue weighted by Gasteiger charge is -2.10. The van der Waals surface area contributed by atoms with Crippen LogP contribution in [0.4, 0.5) is 24.8 Å². The van der Waals surface area contributed by atoms with Crippen LogP contribution in [0.15, 0.2) is 59.4 Å². The van der Waals surface area contributed by atoms with Gasteiger partial charge in [0.25, 0.3) is 11.3 Å². The van der Waals surface area contributed by atoms with E-state index in [0.717, 1.165) is 23.4 Å². The summed E-state index contributed by atoms with van der Waals surface area (Å²) < 4.78 is 44.9. The highest BCUT2D eigenvalue weighted by atomic mass is 19.4. The Labute approximate surface area is 180 Å². The molecule has 0 unspecified atom stereocenters. The van der Waals surface area contributed by atoms with Crippen LogP contribution in [0.3, 0.4) is 0 Å². The number of ether oxygens (including phenoxy) is 1. The predicted octanol–water partition coefficient (Wildman–Crippen LogP) is 3.67. The second-order valence-electron chi connectivity index (χ2n) is 6.93. The van der Waals surface area contributed by atoms with E-state index in [0.29, 0.717) is 18.2 Å². The van der Waals surface area contributed by atoms with Gasteiger partial charge in [-0.2, -0.15) is 22.7 Å². The zero-order valence-electron chi connectivity index (χ0n) is 16.9. The van der Waals surface area contributed by atoms with E-state index < -0.39 is 11.7 Å². The van der Waals surface area contributed by atoms with E-state index >= 15 is 0 Å². The molecule has 32 heavy (non-hydrogen) atoms. The monoisotopic (exact) mass is 444 g/mol. The second kappa shape index (κ2) is 8.61. The fraction of sp³-hybridized carbons (Fsp3) is 0.190. The molecule has 0 aliphatic heterocycles. The van der Waals surface area contributed by atoms with Crippen molar-refractivity contribution in [2.45, 2.75) is 19.3 Å². The van der Waals surface area contributed by atoms with Crippen LogP contribution in [0.25, 0.3) is 5.78 Å². The summed E-state index contributed by atoms with van der Waals surface area (Å²) in [5.41, 5.74) is 0.454. The molecule has 2 aromatic heterocycles. The predicted molar refractivity (Wildman–Crippen MR) is 113 cm³/mol. The Bertz CT molecular complexity index is 1280. The highest BCUT2D eigenvalue weighted by molar-refractivity contribution is 5.47. The summed E-state index contributed by atoms with van der Waals surface area (Å²) in [5.74, 6) is 1.25. The standard InChI is InChI=1S/C21H19F3N6O2/c1-32-17-7-5-13(6-8-17)11-26-19-28-20-27-16(10-18(31)30(20)29-19)12-25-15-4-2-3-14(9-15)21(22,23)24/h2-10,25H,11-12H2,1H3,(H2,26,27,28,29). The number of aromatic amines is 1. The van der Waals surface area contributed by atoms with Crippen LogP contribution in [0, 0.1) is 0 Å². The quantitative estimate of drug-likeness (QED) is 0.403. The maximum absolute atomic E-state index is 12.9. The van der Waals surface area contributed by atoms with Crippen LogP contribution < -0.4 is 20.9 Å². The van der Waals surface area contributed by atoms with E-state index in [1.54, 1.807) is 7.11 Å². The minimum atomic E-state index is -4.43. The van der Waals surface area contributed by atoms with Gasteiger partial charge in [0.1, 0.15) is 5.75 Å². The van der Waals surface area contributed by atoms with E-state index in [9.17, 15) is 18.0 Å². The highest BCUT2D eigenvalue weighted by Gasteiger charge is 2.30. The minimum absolute atomic E-state index is 0.0640. The molecule has 0 saturated carbocycles. The van der Waals surface area contributed by atoms with Crippen LogP contribution >= 0.6 is 0 Å². The number of anilines is 2. The van der Waals surface area contributed by atoms with Crippen molar-refractivity contribution in [3.63, 3.8) is 0 Å². The molecule has 0 aliphatic carbocycles. The highest BCUT2D eigenvalue weighted by Crippen LogP contribution is 2.30. The van der Waals surface area contributed by atoms with Gasteiger partial charge in [0.15, 0.2) is 0 Å². The van der Waals surface area contributed by atoms with Crippen molar-refractivity contribution < 1.29 is 17.9 Å². The van der Waals surface area contributed by atoms with Gasteiger partial charge < -0.3 is 15.4 Å². The van der Waals surface area contributed by atoms with Crippen molar-refractivity contribution in [3.05, 3.63) is 81.8 Å². The van der Waals surface area contributed by atoms with Crippen LogP contribution in [0.1, 0.15) is 16.8 Å². The number of H-pyrrole nitrogens is 1. The first-order chi connectivity index (χ1) is 15.3. The van der Waals surface area contributed by atoms with Crippen molar-refractivity contribution in [2.75, 3.05) is 17.7 Å². The third-order valence-electron chi connectivity index (χ3n) is 4.67. The van der Waals surface area contributed by atoms with Crippen LogP contribution in [-0.2, 0) is 19.3 Å². The Morgan fingerprint density at radius 1 is 1.03 bits per heavy atom. The molecular formula is C21H19F3N6O2. The van der Waals surface area contributed by atoms with Crippen LogP contribution in [0.5, 0.6) is 5.75 Å². The minimum Gasteiger partial charge on any atom is -0.497 e. The third kappa shape index (κ3) is 4.82. The Hall–Kier alpha value is -4.02. The van der Waals surface area contributed by atoms with Crippen molar-refractivity contribution in [1.82, 2.24) is 19.6 Å². The zero-order chi connectivity index (χ0) is 22.7. The second-order valence-corrected chi connectivity index (χ2v) is 6.93. The number of alkyl halides is 3. The van der Waals surface area contributed by atoms with E-state index in [1.807, 2.05) is 24.3 Å². The molecule has 11 heteroatoms. The van der Waals surface area contributed by atoms with E-state index in [4.69, 9.17) is 4.74 Å². The molecule has 0 radical (unpaired) electrons. The smallest absolute Gasteiger partial charge is 0.416 e. The molecule has 0 atom stereocenters. The summed E-state index contributed by atoms with van der Waals surface area (Å²) in [6.07, 6.45) is -4.43. The Kier molecular flexibility index (Phi) is 5.71. The maximum Gasteiger partial charge on any atom is 0.416 e. The molecule has 2 aromatic carbocycles. The molecule has 4 rings (SSSR count). The van der Waals surface area contributed by atoms with Gasteiger partial charge in [-0.1, -0.05) is 18.2 Å². The molecule has 0 spiro atoms. The van der Waals surface area contributed by atoms with Gasteiger partial charge in [0.05, 0.1) is 24.9 Å². The lowest BCUT2D eigenvalue weighted by Crippen LogP contribution is -2.17. The zero-order valence-corrected chi connectivity index (χ0v) is 16.9. The van der Waals surface area contributed by atoms with Gasteiger partial charge in [-0.25, -0.2) is 4.98 Å². The van der Waals surface area contributed by atoms with Crippen LogP contribution in [0.2, 0.25) is 0 Å². The third-order valence-corrected chi connectivity index (χ3v) is 4.67. The molecule has 0 fully saturated rings. The lowest BCUT2D eigenvalue weighted by atomic mass is 10.2. The molecule has 2 heterocycles. The van der Waals surface area contributed by atoms with Crippen molar-refractivity contribution in [1.29, 1.82) is 0 Å². The van der Waals surface area contributed by atoms with Gasteiger partial charge in [0.2, 0.25) is 5.95 Å². The summed E-state index contributed by atoms with van der Waals surface area (Å²) in [4.78, 5) is 21.0. The normalized spacial score (nSPS) is 11.5. The van der Waals surface area contributed by atoms with E-state index in [1.165, 1.54) is 22.7 Å². The van der Waals surface area contributed by atoms with E-state index in [2.05, 4.69) is 25.7 Å². The Morgan fingerprint density at radius 3 is 2.53 bits per heavy atom. The first-order valence-electron chi connectivity index (χ1n) is 9.58. The Morgan fingerprint density at radius 2 is 1.81 bits per heavy atom. The summed E-state index contributed by atoms with van der Waals surface area (Å²) in [6, 6.07) is 13.6. The maximum atomic E-state index is 12.9. The SMILES string of the molecule is COc1ccc(CNc2nc3nc(CNc4cccc(C(F)(F)F)c4)cc(=O)n3[nH]2)cc1. The van der Waals surface area contributed by atoms with Gasteiger partial charge in [-0.05, 0) is 35.9 Å². The number of methoxy groups -OCH3 is 1. The summed E-state index contributed by atoms with van der Waals surface area (Å²) in [6.45, 7) is 0.525. The van der Waals surface area contributed by atoms with Crippen LogP contribution in [-0.4, -0.2) is 26.7 Å². The number of benzene rings is 2. The largest absolute Gasteiger partial charge is 0.497 e. The molecule has 4 aromatic rings. The molecular weight excluding hydrogens is 425 g/mol. The van der Waals surface area contributed by atoms with Gasteiger partial charge >= 0.3 is 6.18 Å². The topological polar surface area (TPSA) is 96.3 Å². The molecule has 0 bridgehead atoms. The molecule has 3 N–H and O–H groups in total. The van der Waals surface area contributed by atoms with Crippen molar-refractivity contribution >= 4 is 17.4 Å². The first-order valence-corrected chi connectivity index (χ1v) is 9.58.